The molecular formula is C32H45F2NO3. The predicted octanol–water partition coefficient (Wildman–Crippen LogP) is 6.85. The minimum atomic E-state index is -2.69. The van der Waals surface area contributed by atoms with Crippen LogP contribution in [0.5, 0.6) is 5.75 Å². The molecule has 5 fully saturated rings. The number of hydrogen-bond donors (Lipinski definition) is 1. The fraction of sp³-hybridized carbons (Fsp3) is 0.781. The summed E-state index contributed by atoms with van der Waals surface area (Å²) in [5.41, 5.74) is -0.350. The Kier molecular flexibility index (Phi) is 6.40. The van der Waals surface area contributed by atoms with Gasteiger partial charge < -0.3 is 14.7 Å². The monoisotopic (exact) mass is 529 g/mol. The first-order chi connectivity index (χ1) is 18.0. The highest BCUT2D eigenvalue weighted by Crippen LogP contribution is 2.68. The quantitative estimate of drug-likeness (QED) is 0.466. The molecule has 1 saturated heterocycles. The second-order valence-corrected chi connectivity index (χ2v) is 14.0. The Balaban J connectivity index is 1.26. The number of nitrogens with zero attached hydrogens (tertiary/aromatic N) is 1. The third kappa shape index (κ3) is 3.94. The average Bonchev–Trinajstić information content (AvgIpc) is 3.26. The van der Waals surface area contributed by atoms with E-state index in [0.29, 0.717) is 30.7 Å². The number of para-hydroxylation sites is 1. The van der Waals surface area contributed by atoms with E-state index in [9.17, 15) is 18.7 Å². The lowest BCUT2D eigenvalue weighted by Crippen LogP contribution is -2.69. The molecule has 9 atom stereocenters. The van der Waals surface area contributed by atoms with Crippen molar-refractivity contribution in [1.29, 1.82) is 0 Å². The number of benzene rings is 1. The molecule has 6 rings (SSSR count). The standard InChI is InChI=1S/C32H45F2NO3/c1-29-16-14-26(36)27(38-22-8-5-4-6-9-22)30(29,2)15-12-23-24(29)13-17-31(3)25(23)10-7-19-35(31)28(37)21-11-18-32(33,34)20-21/h4-6,8-9,21,23-27,36H,7,10-20H2,1-3H3/t21-,23?,24-,25-,26-,27-,29+,30-,31-/m0/s1. The zero-order valence-corrected chi connectivity index (χ0v) is 23.3. The zero-order valence-electron chi connectivity index (χ0n) is 23.3. The lowest BCUT2D eigenvalue weighted by atomic mass is 9.40. The summed E-state index contributed by atoms with van der Waals surface area (Å²) in [6.45, 7) is 7.77. The Morgan fingerprint density at radius 3 is 2.37 bits per heavy atom. The van der Waals surface area contributed by atoms with Crippen LogP contribution in [0.1, 0.15) is 91.4 Å². The molecule has 1 unspecified atom stereocenters. The van der Waals surface area contributed by atoms with Gasteiger partial charge in [0.15, 0.2) is 0 Å². The number of alkyl halides is 2. The Labute approximate surface area is 226 Å². The number of amides is 1. The number of aliphatic hydroxyl groups is 1. The summed E-state index contributed by atoms with van der Waals surface area (Å²) >= 11 is 0. The number of carbonyl (C=O) groups excluding carboxylic acids is 1. The van der Waals surface area contributed by atoms with Crippen molar-refractivity contribution < 1.29 is 23.4 Å². The van der Waals surface area contributed by atoms with Crippen LogP contribution in [-0.2, 0) is 4.79 Å². The normalized spacial score (nSPS) is 46.0. The van der Waals surface area contributed by atoms with Crippen molar-refractivity contribution in [3.05, 3.63) is 30.3 Å². The van der Waals surface area contributed by atoms with Crippen LogP contribution >= 0.6 is 0 Å². The Morgan fingerprint density at radius 2 is 1.66 bits per heavy atom. The van der Waals surface area contributed by atoms with Crippen molar-refractivity contribution in [2.24, 2.45) is 34.5 Å². The first kappa shape index (κ1) is 26.5. The van der Waals surface area contributed by atoms with E-state index in [4.69, 9.17) is 4.74 Å². The lowest BCUT2D eigenvalue weighted by molar-refractivity contribution is -0.222. The van der Waals surface area contributed by atoms with Crippen LogP contribution in [0.4, 0.5) is 8.78 Å². The molecule has 1 aromatic carbocycles. The van der Waals surface area contributed by atoms with E-state index in [1.54, 1.807) is 0 Å². The SMILES string of the molecule is C[C@]12CC[C@H]3C(CC[C@@]4(C)[C@@H](Oc5ccccc5)[C@@H](O)CC[C@]34C)[C@@H]1CCCN2C(=O)[C@H]1CCC(F)(F)C1. The number of halogens is 2. The lowest BCUT2D eigenvalue weighted by Gasteiger charge is -2.68. The van der Waals surface area contributed by atoms with Crippen molar-refractivity contribution in [2.75, 3.05) is 6.54 Å². The summed E-state index contributed by atoms with van der Waals surface area (Å²) in [4.78, 5) is 15.7. The second kappa shape index (κ2) is 9.17. The molecule has 1 amide bonds. The van der Waals surface area contributed by atoms with Gasteiger partial charge in [-0.2, -0.15) is 0 Å². The number of fused-ring (bicyclic) bond motifs is 5. The summed E-state index contributed by atoms with van der Waals surface area (Å²) < 4.78 is 34.6. The molecule has 38 heavy (non-hydrogen) atoms. The molecule has 5 aliphatic rings. The molecule has 1 heterocycles. The maximum atomic E-state index is 14.0. The maximum absolute atomic E-state index is 14.0. The van der Waals surface area contributed by atoms with Crippen molar-refractivity contribution in [3.8, 4) is 5.75 Å². The Bertz CT molecular complexity index is 1050. The van der Waals surface area contributed by atoms with Crippen molar-refractivity contribution >= 4 is 5.91 Å². The molecular weight excluding hydrogens is 484 g/mol. The summed E-state index contributed by atoms with van der Waals surface area (Å²) in [7, 11) is 0. The fourth-order valence-corrected chi connectivity index (χ4v) is 10.1. The molecule has 0 radical (unpaired) electrons. The number of piperidine rings is 1. The molecule has 4 nitrogen and oxygen atoms in total. The van der Waals surface area contributed by atoms with Gasteiger partial charge in [-0.05, 0) is 100 Å². The van der Waals surface area contributed by atoms with Crippen molar-refractivity contribution in [3.63, 3.8) is 0 Å². The van der Waals surface area contributed by atoms with Gasteiger partial charge >= 0.3 is 0 Å². The first-order valence-corrected chi connectivity index (χ1v) is 15.1. The maximum Gasteiger partial charge on any atom is 0.248 e. The van der Waals surface area contributed by atoms with Gasteiger partial charge in [0.2, 0.25) is 11.8 Å². The van der Waals surface area contributed by atoms with E-state index < -0.39 is 17.9 Å². The van der Waals surface area contributed by atoms with Gasteiger partial charge in [-0.15, -0.1) is 0 Å². The predicted molar refractivity (Wildman–Crippen MR) is 143 cm³/mol. The zero-order chi connectivity index (χ0) is 26.9. The molecule has 4 saturated carbocycles. The molecule has 210 valence electrons. The Morgan fingerprint density at radius 1 is 0.921 bits per heavy atom. The van der Waals surface area contributed by atoms with Crippen LogP contribution in [0.25, 0.3) is 0 Å². The van der Waals surface area contributed by atoms with Crippen LogP contribution in [0.2, 0.25) is 0 Å². The van der Waals surface area contributed by atoms with E-state index in [1.807, 2.05) is 30.3 Å². The number of likely N-dealkylation sites (tertiary alicyclic amines) is 1. The molecule has 0 aromatic heterocycles. The number of aliphatic hydroxyl groups excluding tert-OH is 1. The van der Waals surface area contributed by atoms with Crippen LogP contribution in [0, 0.1) is 34.5 Å². The van der Waals surface area contributed by atoms with Gasteiger partial charge in [0.1, 0.15) is 11.9 Å². The first-order valence-electron chi connectivity index (χ1n) is 15.1. The van der Waals surface area contributed by atoms with Gasteiger partial charge in [-0.25, -0.2) is 8.78 Å². The second-order valence-electron chi connectivity index (χ2n) is 14.0. The number of rotatable bonds is 3. The van der Waals surface area contributed by atoms with Crippen LogP contribution < -0.4 is 4.74 Å². The van der Waals surface area contributed by atoms with Crippen LogP contribution in [-0.4, -0.2) is 46.1 Å². The summed E-state index contributed by atoms with van der Waals surface area (Å²) in [6.07, 6.45) is 7.01. The fourth-order valence-electron chi connectivity index (χ4n) is 10.1. The highest BCUT2D eigenvalue weighted by molar-refractivity contribution is 5.80. The molecule has 1 N–H and O–H groups in total. The minimum absolute atomic E-state index is 0.0169. The number of hydrogen-bond acceptors (Lipinski definition) is 3. The average molecular weight is 530 g/mol. The molecule has 1 aliphatic heterocycles. The van der Waals surface area contributed by atoms with E-state index in [2.05, 4.69) is 25.7 Å². The van der Waals surface area contributed by atoms with E-state index in [1.165, 1.54) is 0 Å². The van der Waals surface area contributed by atoms with Crippen molar-refractivity contribution in [2.45, 2.75) is 115 Å². The van der Waals surface area contributed by atoms with Gasteiger partial charge in [0.25, 0.3) is 0 Å². The van der Waals surface area contributed by atoms with Gasteiger partial charge in [-0.3, -0.25) is 4.79 Å². The van der Waals surface area contributed by atoms with E-state index in [0.717, 1.165) is 57.1 Å². The van der Waals surface area contributed by atoms with E-state index in [-0.39, 0.29) is 41.2 Å². The van der Waals surface area contributed by atoms with Gasteiger partial charge in [0.05, 0.1) is 6.10 Å². The van der Waals surface area contributed by atoms with Crippen molar-refractivity contribution in [1.82, 2.24) is 4.90 Å². The summed E-state index contributed by atoms with van der Waals surface area (Å²) in [5, 5.41) is 11.2. The number of ether oxygens (including phenoxy) is 1. The minimum Gasteiger partial charge on any atom is -0.487 e. The summed E-state index contributed by atoms with van der Waals surface area (Å²) in [5.74, 6) is -0.986. The smallest absolute Gasteiger partial charge is 0.248 e. The third-order valence-electron chi connectivity index (χ3n) is 12.4. The molecule has 0 spiro atoms. The Hall–Kier alpha value is -1.69. The molecule has 4 aliphatic carbocycles. The topological polar surface area (TPSA) is 49.8 Å². The molecule has 0 bridgehead atoms. The van der Waals surface area contributed by atoms with Crippen LogP contribution in [0.15, 0.2) is 30.3 Å². The highest BCUT2D eigenvalue weighted by Gasteiger charge is 2.66. The van der Waals surface area contributed by atoms with Gasteiger partial charge in [-0.1, -0.05) is 32.0 Å². The van der Waals surface area contributed by atoms with E-state index >= 15 is 0 Å². The summed E-state index contributed by atoms with van der Waals surface area (Å²) in [6, 6.07) is 9.90. The number of carbonyl (C=O) groups is 1. The van der Waals surface area contributed by atoms with Gasteiger partial charge in [0, 0.05) is 36.3 Å². The van der Waals surface area contributed by atoms with Crippen LogP contribution in [0.3, 0.4) is 0 Å². The highest BCUT2D eigenvalue weighted by atomic mass is 19.3. The molecule has 6 heteroatoms. The molecule has 1 aromatic rings. The largest absolute Gasteiger partial charge is 0.487 e. The third-order valence-corrected chi connectivity index (χ3v) is 12.4.